The quantitative estimate of drug-likeness (QED) is 0.167. The summed E-state index contributed by atoms with van der Waals surface area (Å²) in [5, 5.41) is 24.1. The Labute approximate surface area is 349 Å². The van der Waals surface area contributed by atoms with Crippen LogP contribution < -0.4 is 30.2 Å². The van der Waals surface area contributed by atoms with Crippen molar-refractivity contribution in [2.45, 2.75) is 90.9 Å². The monoisotopic (exact) mass is 846 g/mol. The van der Waals surface area contributed by atoms with Gasteiger partial charge in [0, 0.05) is 50.5 Å². The average molecular weight is 847 g/mol. The van der Waals surface area contributed by atoms with Crippen molar-refractivity contribution in [2.24, 2.45) is 0 Å². The molecule has 18 nitrogen and oxygen atoms in total. The van der Waals surface area contributed by atoms with Gasteiger partial charge in [0.25, 0.3) is 0 Å². The molecular formula is C41H48F2N10O8. The highest BCUT2D eigenvalue weighted by atomic mass is 19.1. The van der Waals surface area contributed by atoms with Crippen molar-refractivity contribution in [2.75, 3.05) is 52.4 Å². The minimum absolute atomic E-state index is 0.195. The van der Waals surface area contributed by atoms with Crippen molar-refractivity contribution in [1.82, 2.24) is 30.2 Å². The lowest BCUT2D eigenvalue weighted by molar-refractivity contribution is -0.120. The van der Waals surface area contributed by atoms with E-state index in [-0.39, 0.29) is 44.1 Å². The predicted molar refractivity (Wildman–Crippen MR) is 216 cm³/mol. The molecule has 0 radical (unpaired) electrons. The van der Waals surface area contributed by atoms with Gasteiger partial charge in [-0.15, -0.1) is 0 Å². The number of anilines is 4. The highest BCUT2D eigenvalue weighted by Crippen LogP contribution is 2.35. The number of benzene rings is 2. The number of nitrogens with one attached hydrogen (secondary N) is 2. The van der Waals surface area contributed by atoms with Gasteiger partial charge in [-0.3, -0.25) is 28.8 Å². The summed E-state index contributed by atoms with van der Waals surface area (Å²) in [6.07, 6.45) is 2.34. The zero-order chi connectivity index (χ0) is 42.9. The molecule has 0 aliphatic carbocycles. The fourth-order valence-corrected chi connectivity index (χ4v) is 7.71. The van der Waals surface area contributed by atoms with Gasteiger partial charge in [-0.25, -0.2) is 18.4 Å². The lowest BCUT2D eigenvalue weighted by atomic mass is 10.2. The Morgan fingerprint density at radius 1 is 0.770 bits per heavy atom. The molecule has 61 heavy (non-hydrogen) atoms. The first-order valence-electron chi connectivity index (χ1n) is 20.2. The van der Waals surface area contributed by atoms with Crippen molar-refractivity contribution < 1.29 is 47.3 Å². The number of carbonyl (C=O) groups is 4. The summed E-state index contributed by atoms with van der Waals surface area (Å²) < 4.78 is 49.2. The Balaban J connectivity index is 0.000000168. The zero-order valence-electron chi connectivity index (χ0n) is 34.1. The summed E-state index contributed by atoms with van der Waals surface area (Å²) in [4.78, 5) is 52.9. The molecular weight excluding hydrogens is 799 g/mol. The summed E-state index contributed by atoms with van der Waals surface area (Å²) in [6.45, 7) is 9.76. The number of rotatable bonds is 13. The summed E-state index contributed by atoms with van der Waals surface area (Å²) in [6, 6.07) is 9.40. The number of aliphatic hydroxyl groups excluding tert-OH is 1. The first-order chi connectivity index (χ1) is 29.3. The fourth-order valence-electron chi connectivity index (χ4n) is 7.71. The van der Waals surface area contributed by atoms with Crippen molar-refractivity contribution in [3.8, 4) is 0 Å². The topological polar surface area (TPSA) is 192 Å². The molecule has 2 aromatic carbocycles. The van der Waals surface area contributed by atoms with Crippen LogP contribution in [-0.4, -0.2) is 106 Å². The average Bonchev–Trinajstić information content (AvgIpc) is 3.70. The Morgan fingerprint density at radius 2 is 1.25 bits per heavy atom. The van der Waals surface area contributed by atoms with Crippen LogP contribution in [0.25, 0.3) is 0 Å². The van der Waals surface area contributed by atoms with Crippen LogP contribution in [-0.2, 0) is 63.1 Å². The van der Waals surface area contributed by atoms with Gasteiger partial charge in [-0.05, 0) is 42.8 Å². The van der Waals surface area contributed by atoms with Crippen LogP contribution in [0, 0.1) is 11.6 Å². The third kappa shape index (κ3) is 9.54. The second-order valence-electron chi connectivity index (χ2n) is 15.8. The number of hydrogen-bond donors (Lipinski definition) is 3. The van der Waals surface area contributed by atoms with E-state index in [2.05, 4.69) is 20.8 Å². The number of amides is 4. The van der Waals surface area contributed by atoms with E-state index >= 15 is 0 Å². The molecule has 324 valence electrons. The minimum Gasteiger partial charge on any atom is -0.442 e. The van der Waals surface area contributed by atoms with E-state index in [0.29, 0.717) is 61.9 Å². The number of aromatic nitrogens is 4. The lowest BCUT2D eigenvalue weighted by Gasteiger charge is -2.21. The zero-order valence-corrected chi connectivity index (χ0v) is 34.1. The minimum atomic E-state index is -0.563. The first-order valence-corrected chi connectivity index (χ1v) is 20.2. The Morgan fingerprint density at radius 3 is 1.67 bits per heavy atom. The highest BCUT2D eigenvalue weighted by Gasteiger charge is 2.35. The first kappa shape index (κ1) is 41.5. The number of epoxide rings is 1. The maximum Gasteiger partial charge on any atom is 0.414 e. The third-order valence-corrected chi connectivity index (χ3v) is 11.0. The molecule has 4 atom stereocenters. The van der Waals surface area contributed by atoms with Gasteiger partial charge in [0.2, 0.25) is 11.8 Å². The van der Waals surface area contributed by atoms with Gasteiger partial charge in [0.1, 0.15) is 29.9 Å². The number of hydrogen-bond acceptors (Lipinski definition) is 12. The molecule has 0 saturated carbocycles. The summed E-state index contributed by atoms with van der Waals surface area (Å²) >= 11 is 0. The molecule has 9 rings (SSSR count). The van der Waals surface area contributed by atoms with E-state index in [0.717, 1.165) is 35.7 Å². The van der Waals surface area contributed by atoms with Gasteiger partial charge in [0.05, 0.1) is 99.2 Å². The number of fused-ring (bicyclic) bond motifs is 2. The molecule has 20 heteroatoms. The normalized spacial score (nSPS) is 20.5. The van der Waals surface area contributed by atoms with Crippen LogP contribution >= 0.6 is 0 Å². The van der Waals surface area contributed by atoms with Crippen LogP contribution in [0.15, 0.2) is 48.8 Å². The smallest absolute Gasteiger partial charge is 0.414 e. The van der Waals surface area contributed by atoms with Gasteiger partial charge in [-0.2, -0.15) is 10.2 Å². The van der Waals surface area contributed by atoms with Crippen LogP contribution in [0.5, 0.6) is 0 Å². The molecule has 0 spiro atoms. The maximum atomic E-state index is 14.9. The SMILES string of the molecule is CC(=O)NC[C@H]1CN(c2ccc(N3Cc4cn(C[C@H]5CO5)nc4C3)c(F)c2)C(=O)O1.CC[C@@H](O)Cn1cc2c(n1)CN(c1ccc(N3C[C@H](CNC(C)=O)OC3=O)cc1F)C2. The predicted octanol–water partition coefficient (Wildman–Crippen LogP) is 3.18. The lowest BCUT2D eigenvalue weighted by Crippen LogP contribution is -2.33. The van der Waals surface area contributed by atoms with E-state index in [1.165, 1.54) is 35.8 Å². The summed E-state index contributed by atoms with van der Waals surface area (Å²) in [5.41, 5.74) is 5.66. The number of carbonyl (C=O) groups excluding carboxylic acids is 4. The van der Waals surface area contributed by atoms with E-state index in [4.69, 9.17) is 14.2 Å². The third-order valence-electron chi connectivity index (χ3n) is 11.0. The molecule has 4 aromatic rings. The molecule has 7 heterocycles. The molecule has 3 N–H and O–H groups in total. The number of aliphatic hydroxyl groups is 1. The van der Waals surface area contributed by atoms with Crippen LogP contribution in [0.1, 0.15) is 49.7 Å². The largest absolute Gasteiger partial charge is 0.442 e. The molecule has 2 aromatic heterocycles. The number of ether oxygens (including phenoxy) is 3. The highest BCUT2D eigenvalue weighted by molar-refractivity contribution is 5.91. The van der Waals surface area contributed by atoms with Crippen molar-refractivity contribution in [3.63, 3.8) is 0 Å². The molecule has 4 amide bonds. The molecule has 5 aliphatic heterocycles. The van der Waals surface area contributed by atoms with Gasteiger partial charge < -0.3 is 39.8 Å². The van der Waals surface area contributed by atoms with E-state index in [1.54, 1.807) is 28.9 Å². The summed E-state index contributed by atoms with van der Waals surface area (Å²) in [7, 11) is 0. The van der Waals surface area contributed by atoms with Crippen molar-refractivity contribution in [3.05, 3.63) is 82.9 Å². The Kier molecular flexibility index (Phi) is 11.8. The standard InChI is InChI=1S/C21H26FN5O4.C20H22FN5O4/c1-3-16(29)10-26-9-14-8-25(12-19(14)24-26)20-5-4-15(6-18(20)22)27-11-17(31-21(27)30)7-23-13(2)28;1-12(27)22-5-15-9-26(20(28)30-15)14-2-3-19(17(21)4-14)24-6-13-7-25(8-16-11-29-16)23-18(13)10-24/h4-6,9,16-17,29H,3,7-8,10-12H2,1-2H3,(H,23,28);2-4,7,15-16H,5-6,8-11H2,1H3,(H,22,27)/t16-,17+;15-,16-/m10/s1. The Hall–Kier alpha value is -6.28. The van der Waals surface area contributed by atoms with Crippen LogP contribution in [0.2, 0.25) is 0 Å². The van der Waals surface area contributed by atoms with Gasteiger partial charge >= 0.3 is 12.2 Å². The molecule has 5 aliphatic rings. The second-order valence-corrected chi connectivity index (χ2v) is 15.8. The van der Waals surface area contributed by atoms with Gasteiger partial charge in [0.15, 0.2) is 0 Å². The van der Waals surface area contributed by atoms with E-state index < -0.39 is 42.1 Å². The van der Waals surface area contributed by atoms with Crippen molar-refractivity contribution in [1.29, 1.82) is 0 Å². The van der Waals surface area contributed by atoms with Crippen molar-refractivity contribution >= 4 is 46.8 Å². The molecule has 0 unspecified atom stereocenters. The maximum absolute atomic E-state index is 14.9. The molecule has 3 fully saturated rings. The van der Waals surface area contributed by atoms with E-state index in [9.17, 15) is 33.1 Å². The number of nitrogens with zero attached hydrogens (tertiary/aromatic N) is 8. The fraction of sp³-hybridized carbons (Fsp3) is 0.463. The molecule has 0 bridgehead atoms. The van der Waals surface area contributed by atoms with Gasteiger partial charge in [-0.1, -0.05) is 6.92 Å². The molecule has 3 saturated heterocycles. The van der Waals surface area contributed by atoms with Crippen LogP contribution in [0.4, 0.5) is 41.1 Å². The Bertz CT molecular complexity index is 2270. The van der Waals surface area contributed by atoms with E-state index in [1.807, 2.05) is 33.8 Å². The van der Waals surface area contributed by atoms with Crippen LogP contribution in [0.3, 0.4) is 0 Å². The second kappa shape index (κ2) is 17.4. The number of cyclic esters (lactones) is 2. The summed E-state index contributed by atoms with van der Waals surface area (Å²) in [5.74, 6) is -1.24. The number of halogens is 2.